The number of amides is 1. The standard InChI is InChI=1S/C28H38N2O2/c1-18-14-22-23(28(4,5)11-10-27(22,2)3)16-20(18)15-21-6-7-25(32-21)26(31)29-24-17-30-12-8-19(24)9-13-30/h6-7,14,16,19,24H,8-13,15,17H2,1-5H3,(H,29,31)/t24-/m0/s1. The second kappa shape index (κ2) is 7.76. The molecule has 0 spiro atoms. The van der Waals surface area contributed by atoms with Gasteiger partial charge in [-0.25, -0.2) is 0 Å². The van der Waals surface area contributed by atoms with Gasteiger partial charge in [-0.3, -0.25) is 4.79 Å². The van der Waals surface area contributed by atoms with Crippen LogP contribution in [0.5, 0.6) is 0 Å². The maximum absolute atomic E-state index is 12.8. The molecule has 6 rings (SSSR count). The van der Waals surface area contributed by atoms with Crippen LogP contribution in [0.3, 0.4) is 0 Å². The minimum atomic E-state index is -0.0694. The quantitative estimate of drug-likeness (QED) is 0.705. The third-order valence-electron chi connectivity index (χ3n) is 8.53. The summed E-state index contributed by atoms with van der Waals surface area (Å²) >= 11 is 0. The smallest absolute Gasteiger partial charge is 0.287 e. The van der Waals surface area contributed by atoms with Gasteiger partial charge in [0.25, 0.3) is 5.91 Å². The minimum Gasteiger partial charge on any atom is -0.456 e. The molecule has 1 aliphatic carbocycles. The number of furan rings is 1. The van der Waals surface area contributed by atoms with Gasteiger partial charge >= 0.3 is 0 Å². The number of rotatable bonds is 4. The van der Waals surface area contributed by atoms with E-state index in [4.69, 9.17) is 4.42 Å². The molecule has 1 amide bonds. The van der Waals surface area contributed by atoms with E-state index in [1.54, 1.807) is 0 Å². The molecule has 1 aromatic carbocycles. The topological polar surface area (TPSA) is 45.5 Å². The SMILES string of the molecule is Cc1cc2c(cc1Cc1ccc(C(=O)N[C@H]3CN4CCC3CC4)o1)C(C)(C)CCC2(C)C. The first-order valence-corrected chi connectivity index (χ1v) is 12.4. The van der Waals surface area contributed by atoms with Crippen molar-refractivity contribution in [2.45, 2.75) is 83.6 Å². The van der Waals surface area contributed by atoms with Crippen LogP contribution in [-0.2, 0) is 17.3 Å². The highest BCUT2D eigenvalue weighted by Gasteiger charge is 2.38. The summed E-state index contributed by atoms with van der Waals surface area (Å²) in [6.07, 6.45) is 5.54. The van der Waals surface area contributed by atoms with Gasteiger partial charge in [0, 0.05) is 19.0 Å². The predicted molar refractivity (Wildman–Crippen MR) is 128 cm³/mol. The molecule has 0 unspecified atom stereocenters. The van der Waals surface area contributed by atoms with Crippen LogP contribution < -0.4 is 5.32 Å². The first kappa shape index (κ1) is 21.8. The second-order valence-corrected chi connectivity index (χ2v) is 11.8. The molecule has 2 aromatic rings. The average molecular weight is 435 g/mol. The second-order valence-electron chi connectivity index (χ2n) is 11.8. The van der Waals surface area contributed by atoms with E-state index in [1.807, 2.05) is 12.1 Å². The van der Waals surface area contributed by atoms with Crippen LogP contribution in [0.4, 0.5) is 0 Å². The molecule has 1 aromatic heterocycles. The number of hydrogen-bond acceptors (Lipinski definition) is 3. The van der Waals surface area contributed by atoms with E-state index >= 15 is 0 Å². The molecule has 32 heavy (non-hydrogen) atoms. The van der Waals surface area contributed by atoms with Crippen LogP contribution in [0.25, 0.3) is 0 Å². The van der Waals surface area contributed by atoms with Crippen LogP contribution in [0, 0.1) is 12.8 Å². The van der Waals surface area contributed by atoms with Crippen molar-refractivity contribution in [2.75, 3.05) is 19.6 Å². The van der Waals surface area contributed by atoms with Crippen molar-refractivity contribution in [3.8, 4) is 0 Å². The van der Waals surface area contributed by atoms with Crippen LogP contribution in [0.1, 0.15) is 91.9 Å². The number of carbonyl (C=O) groups excluding carboxylic acids is 1. The molecule has 3 aliphatic heterocycles. The molecular formula is C28H38N2O2. The fourth-order valence-electron chi connectivity index (χ4n) is 6.11. The van der Waals surface area contributed by atoms with Gasteiger partial charge in [-0.15, -0.1) is 0 Å². The molecule has 4 heteroatoms. The highest BCUT2D eigenvalue weighted by molar-refractivity contribution is 5.91. The normalized spacial score (nSPS) is 27.7. The lowest BCUT2D eigenvalue weighted by Gasteiger charge is -2.44. The van der Waals surface area contributed by atoms with Gasteiger partial charge in [0.15, 0.2) is 5.76 Å². The van der Waals surface area contributed by atoms with Gasteiger partial charge in [0.2, 0.25) is 0 Å². The molecule has 172 valence electrons. The van der Waals surface area contributed by atoms with E-state index in [0.717, 1.165) is 18.7 Å². The summed E-state index contributed by atoms with van der Waals surface area (Å²) in [4.78, 5) is 15.3. The van der Waals surface area contributed by atoms with Gasteiger partial charge in [0.05, 0.1) is 0 Å². The zero-order chi connectivity index (χ0) is 22.7. The first-order chi connectivity index (χ1) is 15.1. The summed E-state index contributed by atoms with van der Waals surface area (Å²) < 4.78 is 6.04. The number of nitrogens with zero attached hydrogens (tertiary/aromatic N) is 1. The molecule has 2 bridgehead atoms. The van der Waals surface area contributed by atoms with Crippen molar-refractivity contribution in [2.24, 2.45) is 5.92 Å². The molecule has 1 atom stereocenters. The Kier molecular flexibility index (Phi) is 5.28. The van der Waals surface area contributed by atoms with Crippen LogP contribution >= 0.6 is 0 Å². The molecule has 3 fully saturated rings. The molecule has 0 saturated carbocycles. The van der Waals surface area contributed by atoms with Crippen molar-refractivity contribution in [1.82, 2.24) is 10.2 Å². The summed E-state index contributed by atoms with van der Waals surface area (Å²) in [7, 11) is 0. The average Bonchev–Trinajstić information content (AvgIpc) is 3.22. The Bertz CT molecular complexity index is 1020. The maximum Gasteiger partial charge on any atom is 0.287 e. The van der Waals surface area contributed by atoms with Crippen molar-refractivity contribution in [3.63, 3.8) is 0 Å². The van der Waals surface area contributed by atoms with E-state index in [1.165, 1.54) is 61.0 Å². The number of benzene rings is 1. The predicted octanol–water partition coefficient (Wildman–Crippen LogP) is 5.35. The van der Waals surface area contributed by atoms with Gasteiger partial charge in [0.1, 0.15) is 5.76 Å². The monoisotopic (exact) mass is 434 g/mol. The van der Waals surface area contributed by atoms with Crippen molar-refractivity contribution < 1.29 is 9.21 Å². The van der Waals surface area contributed by atoms with Gasteiger partial charge in [-0.1, -0.05) is 39.8 Å². The number of nitrogens with one attached hydrogen (secondary N) is 1. The van der Waals surface area contributed by atoms with Crippen molar-refractivity contribution in [1.29, 1.82) is 0 Å². The summed E-state index contributed by atoms with van der Waals surface area (Å²) in [5.74, 6) is 1.85. The molecule has 4 aliphatic rings. The first-order valence-electron chi connectivity index (χ1n) is 12.4. The zero-order valence-corrected chi connectivity index (χ0v) is 20.4. The molecule has 4 nitrogen and oxygen atoms in total. The highest BCUT2D eigenvalue weighted by Crippen LogP contribution is 2.46. The summed E-state index contributed by atoms with van der Waals surface area (Å²) in [5, 5.41) is 3.24. The van der Waals surface area contributed by atoms with E-state index in [0.29, 0.717) is 11.7 Å². The van der Waals surface area contributed by atoms with Gasteiger partial charge < -0.3 is 14.6 Å². The molecule has 1 N–H and O–H groups in total. The lowest BCUT2D eigenvalue weighted by molar-refractivity contribution is 0.0605. The van der Waals surface area contributed by atoms with Crippen molar-refractivity contribution in [3.05, 3.63) is 58.0 Å². The van der Waals surface area contributed by atoms with Crippen molar-refractivity contribution >= 4 is 5.91 Å². The van der Waals surface area contributed by atoms with Gasteiger partial charge in [-0.05, 0) is 96.8 Å². The molecule has 0 radical (unpaired) electrons. The Labute approximate surface area is 192 Å². The zero-order valence-electron chi connectivity index (χ0n) is 20.4. The Morgan fingerprint density at radius 2 is 1.72 bits per heavy atom. The Hall–Kier alpha value is -2.07. The molecular weight excluding hydrogens is 396 g/mol. The van der Waals surface area contributed by atoms with E-state index in [2.05, 4.69) is 57.0 Å². The van der Waals surface area contributed by atoms with Crippen LogP contribution in [0.2, 0.25) is 0 Å². The number of hydrogen-bond donors (Lipinski definition) is 1. The largest absolute Gasteiger partial charge is 0.456 e. The van der Waals surface area contributed by atoms with Crippen LogP contribution in [-0.4, -0.2) is 36.5 Å². The Balaban J connectivity index is 1.33. The summed E-state index contributed by atoms with van der Waals surface area (Å²) in [5.41, 5.74) is 5.99. The number of piperidine rings is 3. The highest BCUT2D eigenvalue weighted by atomic mass is 16.3. The Morgan fingerprint density at radius 1 is 1.06 bits per heavy atom. The minimum absolute atomic E-state index is 0.0694. The number of carbonyl (C=O) groups is 1. The molecule has 3 saturated heterocycles. The summed E-state index contributed by atoms with van der Waals surface area (Å²) in [6.45, 7) is 15.0. The third kappa shape index (κ3) is 3.91. The summed E-state index contributed by atoms with van der Waals surface area (Å²) in [6, 6.07) is 8.87. The van der Waals surface area contributed by atoms with E-state index in [9.17, 15) is 4.79 Å². The fraction of sp³-hybridized carbons (Fsp3) is 0.607. The molecule has 4 heterocycles. The number of fused-ring (bicyclic) bond motifs is 4. The number of aryl methyl sites for hydroxylation is 1. The van der Waals surface area contributed by atoms with E-state index < -0.39 is 0 Å². The van der Waals surface area contributed by atoms with E-state index in [-0.39, 0.29) is 22.8 Å². The Morgan fingerprint density at radius 3 is 2.34 bits per heavy atom. The lowest BCUT2D eigenvalue weighted by atomic mass is 9.62. The maximum atomic E-state index is 12.8. The fourth-order valence-corrected chi connectivity index (χ4v) is 6.11. The lowest BCUT2D eigenvalue weighted by Crippen LogP contribution is -2.57. The third-order valence-corrected chi connectivity index (χ3v) is 8.53. The van der Waals surface area contributed by atoms with Crippen LogP contribution in [0.15, 0.2) is 28.7 Å². The van der Waals surface area contributed by atoms with Gasteiger partial charge in [-0.2, -0.15) is 0 Å².